The monoisotopic (exact) mass is 350 g/mol. The van der Waals surface area contributed by atoms with Crippen molar-refractivity contribution in [3.8, 4) is 0 Å². The maximum atomic E-state index is 13.9. The Morgan fingerprint density at radius 2 is 1.90 bits per heavy atom. The highest BCUT2D eigenvalue weighted by Gasteiger charge is 2.19. The molecule has 0 bridgehead atoms. The number of ketones is 1. The molecule has 0 fully saturated rings. The van der Waals surface area contributed by atoms with Gasteiger partial charge in [-0.2, -0.15) is 0 Å². The first-order valence-corrected chi connectivity index (χ1v) is 6.99. The Kier molecular flexibility index (Phi) is 3.59. The van der Waals surface area contributed by atoms with Crippen molar-refractivity contribution >= 4 is 32.7 Å². The maximum absolute atomic E-state index is 13.9. The summed E-state index contributed by atoms with van der Waals surface area (Å²) in [5.74, 6) is -1.89. The van der Waals surface area contributed by atoms with Crippen LogP contribution in [0.2, 0.25) is 0 Å². The number of benzene rings is 2. The number of fused-ring (bicyclic) bond motifs is 1. The Bertz CT molecular complexity index is 806. The van der Waals surface area contributed by atoms with E-state index >= 15 is 0 Å². The molecule has 0 N–H and O–H groups in total. The van der Waals surface area contributed by atoms with Crippen molar-refractivity contribution in [3.63, 3.8) is 0 Å². The first kappa shape index (κ1) is 13.9. The molecular formula is C16H9BrF2O2. The lowest BCUT2D eigenvalue weighted by Crippen LogP contribution is -2.07. The molecule has 0 radical (unpaired) electrons. The molecule has 0 spiro atoms. The Labute approximate surface area is 127 Å². The molecule has 0 aliphatic carbocycles. The standard InChI is InChI=1S/C16H9BrF2O2/c17-11-5-6-12(18)10(16(11)19)8-13(20)15-7-9-3-1-2-4-14(9)21-15/h1-7H,8H2. The Balaban J connectivity index is 1.95. The van der Waals surface area contributed by atoms with Crippen LogP contribution in [-0.2, 0) is 6.42 Å². The summed E-state index contributed by atoms with van der Waals surface area (Å²) < 4.78 is 33.1. The average molecular weight is 351 g/mol. The van der Waals surface area contributed by atoms with Crippen LogP contribution in [0, 0.1) is 11.6 Å². The zero-order valence-corrected chi connectivity index (χ0v) is 12.3. The van der Waals surface area contributed by atoms with E-state index in [9.17, 15) is 13.6 Å². The van der Waals surface area contributed by atoms with E-state index in [0.717, 1.165) is 11.5 Å². The van der Waals surface area contributed by atoms with Crippen molar-refractivity contribution in [2.24, 2.45) is 0 Å². The number of furan rings is 1. The van der Waals surface area contributed by atoms with E-state index in [2.05, 4.69) is 15.9 Å². The third kappa shape index (κ3) is 2.61. The van der Waals surface area contributed by atoms with E-state index in [0.29, 0.717) is 5.58 Å². The Morgan fingerprint density at radius 1 is 1.14 bits per heavy atom. The second kappa shape index (κ2) is 5.41. The number of halogens is 3. The van der Waals surface area contributed by atoms with Gasteiger partial charge in [0.25, 0.3) is 0 Å². The topological polar surface area (TPSA) is 30.2 Å². The van der Waals surface area contributed by atoms with Gasteiger partial charge < -0.3 is 4.42 Å². The van der Waals surface area contributed by atoms with Gasteiger partial charge in [0.15, 0.2) is 5.76 Å². The molecule has 1 aromatic heterocycles. The largest absolute Gasteiger partial charge is 0.453 e. The molecule has 3 rings (SSSR count). The van der Waals surface area contributed by atoms with Crippen LogP contribution in [0.25, 0.3) is 11.0 Å². The Morgan fingerprint density at radius 3 is 2.67 bits per heavy atom. The van der Waals surface area contributed by atoms with Crippen molar-refractivity contribution in [1.29, 1.82) is 0 Å². The summed E-state index contributed by atoms with van der Waals surface area (Å²) in [6.45, 7) is 0. The highest BCUT2D eigenvalue weighted by molar-refractivity contribution is 9.10. The van der Waals surface area contributed by atoms with Crippen molar-refractivity contribution < 1.29 is 18.0 Å². The van der Waals surface area contributed by atoms with Crippen molar-refractivity contribution in [1.82, 2.24) is 0 Å². The predicted octanol–water partition coefficient (Wildman–Crippen LogP) is 4.90. The van der Waals surface area contributed by atoms with Gasteiger partial charge >= 0.3 is 0 Å². The highest BCUT2D eigenvalue weighted by Crippen LogP contribution is 2.25. The van der Waals surface area contributed by atoms with E-state index in [-0.39, 0.29) is 15.8 Å². The fraction of sp³-hybridized carbons (Fsp3) is 0.0625. The molecule has 0 atom stereocenters. The lowest BCUT2D eigenvalue weighted by molar-refractivity contribution is 0.0966. The molecule has 3 aromatic rings. The maximum Gasteiger partial charge on any atom is 0.202 e. The van der Waals surface area contributed by atoms with Crippen LogP contribution in [0.5, 0.6) is 0 Å². The molecule has 0 aliphatic rings. The SMILES string of the molecule is O=C(Cc1c(F)ccc(Br)c1F)c1cc2ccccc2o1. The number of Topliss-reactive ketones (excluding diaryl/α,β-unsaturated/α-hetero) is 1. The smallest absolute Gasteiger partial charge is 0.202 e. The van der Waals surface area contributed by atoms with Gasteiger partial charge in [0.05, 0.1) is 4.47 Å². The summed E-state index contributed by atoms with van der Waals surface area (Å²) in [4.78, 5) is 12.2. The van der Waals surface area contributed by atoms with Crippen LogP contribution < -0.4 is 0 Å². The van der Waals surface area contributed by atoms with Crippen LogP contribution in [0.3, 0.4) is 0 Å². The highest BCUT2D eigenvalue weighted by atomic mass is 79.9. The van der Waals surface area contributed by atoms with Crippen LogP contribution in [0.1, 0.15) is 16.1 Å². The second-order valence-corrected chi connectivity index (χ2v) is 5.42. The van der Waals surface area contributed by atoms with Gasteiger partial charge in [0.1, 0.15) is 17.2 Å². The van der Waals surface area contributed by atoms with Crippen LogP contribution in [0.15, 0.2) is 51.4 Å². The van der Waals surface area contributed by atoms with Crippen molar-refractivity contribution in [2.45, 2.75) is 6.42 Å². The minimum Gasteiger partial charge on any atom is -0.453 e. The molecule has 0 saturated heterocycles. The minimum absolute atomic E-state index is 0.0926. The first-order valence-electron chi connectivity index (χ1n) is 6.20. The summed E-state index contributed by atoms with van der Waals surface area (Å²) in [6.07, 6.45) is -0.392. The molecule has 5 heteroatoms. The van der Waals surface area contributed by atoms with E-state index in [1.54, 1.807) is 24.3 Å². The fourth-order valence-corrected chi connectivity index (χ4v) is 2.47. The summed E-state index contributed by atoms with van der Waals surface area (Å²) in [5, 5.41) is 0.774. The van der Waals surface area contributed by atoms with Gasteiger partial charge in [-0.15, -0.1) is 0 Å². The molecular weight excluding hydrogens is 342 g/mol. The average Bonchev–Trinajstić information content (AvgIpc) is 2.91. The lowest BCUT2D eigenvalue weighted by atomic mass is 10.1. The van der Waals surface area contributed by atoms with E-state index in [4.69, 9.17) is 4.42 Å². The van der Waals surface area contributed by atoms with Crippen LogP contribution in [-0.4, -0.2) is 5.78 Å². The number of rotatable bonds is 3. The quantitative estimate of drug-likeness (QED) is 0.496. The third-order valence-corrected chi connectivity index (χ3v) is 3.79. The summed E-state index contributed by atoms with van der Waals surface area (Å²) in [5.41, 5.74) is 0.297. The van der Waals surface area contributed by atoms with Gasteiger partial charge in [-0.3, -0.25) is 4.79 Å². The summed E-state index contributed by atoms with van der Waals surface area (Å²) in [7, 11) is 0. The van der Waals surface area contributed by atoms with Gasteiger partial charge in [0.2, 0.25) is 5.78 Å². The molecule has 2 nitrogen and oxygen atoms in total. The van der Waals surface area contributed by atoms with E-state index in [1.165, 1.54) is 6.07 Å². The first-order chi connectivity index (χ1) is 10.1. The van der Waals surface area contributed by atoms with Gasteiger partial charge in [-0.05, 0) is 40.2 Å². The second-order valence-electron chi connectivity index (χ2n) is 4.57. The van der Waals surface area contributed by atoms with Crippen molar-refractivity contribution in [3.05, 3.63) is 69.9 Å². The summed E-state index contributed by atoms with van der Waals surface area (Å²) in [6, 6.07) is 11.1. The predicted molar refractivity (Wildman–Crippen MR) is 78.3 cm³/mol. The molecule has 2 aromatic carbocycles. The zero-order chi connectivity index (χ0) is 15.0. The number of hydrogen-bond acceptors (Lipinski definition) is 2. The lowest BCUT2D eigenvalue weighted by Gasteiger charge is -2.04. The van der Waals surface area contributed by atoms with E-state index in [1.807, 2.05) is 6.07 Å². The Hall–Kier alpha value is -2.01. The third-order valence-electron chi connectivity index (χ3n) is 3.18. The zero-order valence-electron chi connectivity index (χ0n) is 10.7. The molecule has 106 valence electrons. The molecule has 0 aliphatic heterocycles. The molecule has 0 unspecified atom stereocenters. The number of hydrogen-bond donors (Lipinski definition) is 0. The molecule has 1 heterocycles. The van der Waals surface area contributed by atoms with Gasteiger partial charge in [0, 0.05) is 17.4 Å². The normalized spacial score (nSPS) is 11.0. The van der Waals surface area contributed by atoms with Gasteiger partial charge in [-0.25, -0.2) is 8.78 Å². The van der Waals surface area contributed by atoms with Crippen LogP contribution in [0.4, 0.5) is 8.78 Å². The fourth-order valence-electron chi connectivity index (χ4n) is 2.10. The van der Waals surface area contributed by atoms with Crippen LogP contribution >= 0.6 is 15.9 Å². The number of para-hydroxylation sites is 1. The molecule has 0 saturated carbocycles. The van der Waals surface area contributed by atoms with Crippen molar-refractivity contribution in [2.75, 3.05) is 0 Å². The molecule has 0 amide bonds. The van der Waals surface area contributed by atoms with Gasteiger partial charge in [-0.1, -0.05) is 18.2 Å². The minimum atomic E-state index is -0.764. The summed E-state index contributed by atoms with van der Waals surface area (Å²) >= 11 is 2.98. The van der Waals surface area contributed by atoms with E-state index < -0.39 is 23.8 Å². The number of carbonyl (C=O) groups excluding carboxylic acids is 1. The molecule has 21 heavy (non-hydrogen) atoms. The number of carbonyl (C=O) groups is 1.